The van der Waals surface area contributed by atoms with Crippen molar-refractivity contribution < 1.29 is 9.59 Å². The molecule has 0 aromatic carbocycles. The van der Waals surface area contributed by atoms with Gasteiger partial charge in [-0.3, -0.25) is 19.2 Å². The fourth-order valence-corrected chi connectivity index (χ4v) is 4.14. The van der Waals surface area contributed by atoms with E-state index < -0.39 is 0 Å². The highest BCUT2D eigenvalue weighted by Crippen LogP contribution is 2.34. The smallest absolute Gasteiger partial charge is 0.289 e. The van der Waals surface area contributed by atoms with Gasteiger partial charge >= 0.3 is 0 Å². The van der Waals surface area contributed by atoms with E-state index in [0.29, 0.717) is 37.7 Å². The van der Waals surface area contributed by atoms with Gasteiger partial charge in [-0.25, -0.2) is 0 Å². The Balaban J connectivity index is 1.56. The summed E-state index contributed by atoms with van der Waals surface area (Å²) < 4.78 is 3.55. The van der Waals surface area contributed by atoms with Crippen LogP contribution < -0.4 is 5.32 Å². The van der Waals surface area contributed by atoms with E-state index in [4.69, 9.17) is 0 Å². The summed E-state index contributed by atoms with van der Waals surface area (Å²) in [4.78, 5) is 29.7. The van der Waals surface area contributed by atoms with Crippen LogP contribution in [0.1, 0.15) is 54.1 Å². The lowest BCUT2D eigenvalue weighted by atomic mass is 9.94. The highest BCUT2D eigenvalue weighted by Gasteiger charge is 2.47. The first-order valence-electron chi connectivity index (χ1n) is 9.83. The zero-order chi connectivity index (χ0) is 21.0. The van der Waals surface area contributed by atoms with Gasteiger partial charge in [0, 0.05) is 38.4 Å². The van der Waals surface area contributed by atoms with Crippen LogP contribution in [0.15, 0.2) is 12.3 Å². The number of likely N-dealkylation sites (tertiary alicyclic amines) is 1. The number of hydrogen-bond acceptors (Lipinski definition) is 6. The third-order valence-electron chi connectivity index (χ3n) is 5.71. The number of rotatable bonds is 2. The van der Waals surface area contributed by atoms with Gasteiger partial charge in [0.05, 0.1) is 12.1 Å². The van der Waals surface area contributed by atoms with Crippen LogP contribution in [0.25, 0.3) is 0 Å². The highest BCUT2D eigenvalue weighted by atomic mass is 16.2. The van der Waals surface area contributed by atoms with Crippen molar-refractivity contribution in [1.29, 1.82) is 0 Å². The summed E-state index contributed by atoms with van der Waals surface area (Å²) in [6, 6.07) is 1.74. The summed E-state index contributed by atoms with van der Waals surface area (Å²) in [7, 11) is 3.84. The second kappa shape index (κ2) is 6.65. The van der Waals surface area contributed by atoms with E-state index in [9.17, 15) is 9.59 Å². The molecular formula is C19H28N8O2. The number of fused-ring (bicyclic) bond motifs is 1. The SMILES string of the molecule is CN1Cc2nnc(C(=O)NC(C)(C)C)n2C[C@@]12CCN(C(=O)c1ccn(C)n1)C2. The molecule has 156 valence electrons. The number of carbonyl (C=O) groups is 2. The van der Waals surface area contributed by atoms with Gasteiger partial charge in [0.15, 0.2) is 0 Å². The summed E-state index contributed by atoms with van der Waals surface area (Å²) in [6.45, 7) is 8.20. The van der Waals surface area contributed by atoms with Crippen LogP contribution >= 0.6 is 0 Å². The normalized spacial score (nSPS) is 22.2. The first-order chi connectivity index (χ1) is 13.6. The van der Waals surface area contributed by atoms with E-state index >= 15 is 0 Å². The minimum Gasteiger partial charge on any atom is -0.345 e. The fraction of sp³-hybridized carbons (Fsp3) is 0.632. The molecule has 2 aliphatic rings. The van der Waals surface area contributed by atoms with Gasteiger partial charge in [-0.2, -0.15) is 5.10 Å². The Morgan fingerprint density at radius 2 is 1.93 bits per heavy atom. The molecule has 2 amide bonds. The molecule has 1 fully saturated rings. The third kappa shape index (κ3) is 3.52. The van der Waals surface area contributed by atoms with Gasteiger partial charge < -0.3 is 14.8 Å². The molecule has 10 nitrogen and oxygen atoms in total. The van der Waals surface area contributed by atoms with Crippen molar-refractivity contribution in [2.24, 2.45) is 7.05 Å². The molecule has 2 aliphatic heterocycles. The molecule has 1 spiro atoms. The molecule has 0 aliphatic carbocycles. The number of likely N-dealkylation sites (N-methyl/N-ethyl adjacent to an activating group) is 1. The van der Waals surface area contributed by atoms with E-state index in [-0.39, 0.29) is 22.9 Å². The molecule has 10 heteroatoms. The van der Waals surface area contributed by atoms with Gasteiger partial charge in [-0.15, -0.1) is 10.2 Å². The zero-order valence-electron chi connectivity index (χ0n) is 17.6. The van der Waals surface area contributed by atoms with Crippen LogP contribution in [-0.4, -0.2) is 77.4 Å². The summed E-state index contributed by atoms with van der Waals surface area (Å²) in [5.41, 5.74) is -0.152. The fourth-order valence-electron chi connectivity index (χ4n) is 4.14. The number of nitrogens with one attached hydrogen (secondary N) is 1. The molecule has 0 saturated carbocycles. The second-order valence-electron chi connectivity index (χ2n) is 9.16. The summed E-state index contributed by atoms with van der Waals surface area (Å²) in [6.07, 6.45) is 2.59. The minimum absolute atomic E-state index is 0.0591. The van der Waals surface area contributed by atoms with Gasteiger partial charge in [-0.1, -0.05) is 0 Å². The van der Waals surface area contributed by atoms with Gasteiger partial charge in [-0.05, 0) is 40.3 Å². The number of hydrogen-bond donors (Lipinski definition) is 1. The molecule has 2 aromatic heterocycles. The predicted molar refractivity (Wildman–Crippen MR) is 105 cm³/mol. The average Bonchev–Trinajstić information content (AvgIpc) is 3.33. The zero-order valence-corrected chi connectivity index (χ0v) is 17.6. The monoisotopic (exact) mass is 400 g/mol. The summed E-state index contributed by atoms with van der Waals surface area (Å²) in [5, 5.41) is 15.6. The minimum atomic E-state index is -0.355. The van der Waals surface area contributed by atoms with Crippen molar-refractivity contribution in [2.75, 3.05) is 20.1 Å². The Kier molecular flexibility index (Phi) is 4.49. The van der Waals surface area contributed by atoms with Crippen molar-refractivity contribution in [1.82, 2.24) is 39.7 Å². The molecule has 1 N–H and O–H groups in total. The maximum atomic E-state index is 12.9. The Morgan fingerprint density at radius 3 is 2.59 bits per heavy atom. The molecule has 4 rings (SSSR count). The molecule has 0 unspecified atom stereocenters. The van der Waals surface area contributed by atoms with Crippen LogP contribution in [-0.2, 0) is 20.1 Å². The lowest BCUT2D eigenvalue weighted by Crippen LogP contribution is -2.55. The van der Waals surface area contributed by atoms with Crippen molar-refractivity contribution in [3.8, 4) is 0 Å². The van der Waals surface area contributed by atoms with Gasteiger partial charge in [0.1, 0.15) is 11.5 Å². The molecule has 2 aromatic rings. The van der Waals surface area contributed by atoms with E-state index in [1.165, 1.54) is 0 Å². The Morgan fingerprint density at radius 1 is 1.17 bits per heavy atom. The van der Waals surface area contributed by atoms with Crippen LogP contribution in [0.5, 0.6) is 0 Å². The maximum absolute atomic E-state index is 12.9. The van der Waals surface area contributed by atoms with Crippen molar-refractivity contribution >= 4 is 11.8 Å². The number of aryl methyl sites for hydroxylation is 1. The molecule has 29 heavy (non-hydrogen) atoms. The highest BCUT2D eigenvalue weighted by molar-refractivity contribution is 5.92. The predicted octanol–water partition coefficient (Wildman–Crippen LogP) is 0.270. The standard InChI is InChI=1S/C19H28N8O2/c1-18(2,3)20-16(28)15-22-21-14-10-24(4)19(12-27(14)15)7-9-26(11-19)17(29)13-6-8-25(5)23-13/h6,8H,7,9-12H2,1-5H3,(H,20,28)/t19-/m0/s1. The quantitative estimate of drug-likeness (QED) is 0.777. The van der Waals surface area contributed by atoms with Crippen LogP contribution in [0.4, 0.5) is 0 Å². The van der Waals surface area contributed by atoms with Crippen LogP contribution in [0, 0.1) is 0 Å². The van der Waals surface area contributed by atoms with E-state index in [0.717, 1.165) is 12.2 Å². The molecule has 1 saturated heterocycles. The Bertz CT molecular complexity index is 956. The molecule has 1 atom stereocenters. The first kappa shape index (κ1) is 19.6. The molecule has 0 radical (unpaired) electrons. The number of carbonyl (C=O) groups excluding carboxylic acids is 2. The molecule has 4 heterocycles. The number of nitrogens with zero attached hydrogens (tertiary/aromatic N) is 7. The number of aromatic nitrogens is 5. The van der Waals surface area contributed by atoms with Crippen LogP contribution in [0.3, 0.4) is 0 Å². The van der Waals surface area contributed by atoms with Crippen molar-refractivity contribution in [3.05, 3.63) is 29.6 Å². The van der Waals surface area contributed by atoms with Crippen molar-refractivity contribution in [3.63, 3.8) is 0 Å². The molecular weight excluding hydrogens is 372 g/mol. The number of amides is 2. The van der Waals surface area contributed by atoms with E-state index in [1.54, 1.807) is 24.0 Å². The summed E-state index contributed by atoms with van der Waals surface area (Å²) in [5.74, 6) is 0.815. The van der Waals surface area contributed by atoms with Crippen molar-refractivity contribution in [2.45, 2.75) is 51.4 Å². The topological polar surface area (TPSA) is 101 Å². The Hall–Kier alpha value is -2.75. The average molecular weight is 400 g/mol. The van der Waals surface area contributed by atoms with E-state index in [1.807, 2.05) is 37.3 Å². The summed E-state index contributed by atoms with van der Waals surface area (Å²) >= 11 is 0. The van der Waals surface area contributed by atoms with E-state index in [2.05, 4.69) is 25.5 Å². The largest absolute Gasteiger partial charge is 0.345 e. The third-order valence-corrected chi connectivity index (χ3v) is 5.71. The second-order valence-corrected chi connectivity index (χ2v) is 9.16. The first-order valence-corrected chi connectivity index (χ1v) is 9.83. The van der Waals surface area contributed by atoms with Gasteiger partial charge in [0.2, 0.25) is 5.82 Å². The molecule has 0 bridgehead atoms. The Labute approximate surface area is 169 Å². The lowest BCUT2D eigenvalue weighted by molar-refractivity contribution is 0.0564. The van der Waals surface area contributed by atoms with Crippen LogP contribution in [0.2, 0.25) is 0 Å². The van der Waals surface area contributed by atoms with Gasteiger partial charge in [0.25, 0.3) is 11.8 Å². The lowest BCUT2D eigenvalue weighted by Gasteiger charge is -2.42. The maximum Gasteiger partial charge on any atom is 0.289 e.